The van der Waals surface area contributed by atoms with E-state index >= 15 is 0 Å². The second-order valence-corrected chi connectivity index (χ2v) is 3.71. The summed E-state index contributed by atoms with van der Waals surface area (Å²) in [6.45, 7) is 2.01. The molecule has 1 fully saturated rings. The van der Waals surface area contributed by atoms with Crippen LogP contribution in [0.3, 0.4) is 0 Å². The fraction of sp³-hybridized carbons (Fsp3) is 0.667. The van der Waals surface area contributed by atoms with Crippen LogP contribution in [-0.2, 0) is 6.42 Å². The van der Waals surface area contributed by atoms with Crippen molar-refractivity contribution in [3.63, 3.8) is 0 Å². The summed E-state index contributed by atoms with van der Waals surface area (Å²) < 4.78 is 4.87. The predicted molar refractivity (Wildman–Crippen MR) is 50.6 cm³/mol. The molecule has 1 aliphatic rings. The van der Waals surface area contributed by atoms with E-state index in [-0.39, 0.29) is 5.82 Å². The van der Waals surface area contributed by atoms with Gasteiger partial charge in [-0.1, -0.05) is 0 Å². The van der Waals surface area contributed by atoms with Crippen molar-refractivity contribution in [3.05, 3.63) is 11.7 Å². The molecule has 6 nitrogen and oxygen atoms in total. The molecular weight excluding hydrogens is 198 g/mol. The number of nitrogens with one attached hydrogen (secondary N) is 1. The minimum absolute atomic E-state index is 0.251. The van der Waals surface area contributed by atoms with Gasteiger partial charge < -0.3 is 14.9 Å². The van der Waals surface area contributed by atoms with Gasteiger partial charge in [0, 0.05) is 6.42 Å². The zero-order valence-corrected chi connectivity index (χ0v) is 8.27. The summed E-state index contributed by atoms with van der Waals surface area (Å²) in [6, 6.07) is 0. The van der Waals surface area contributed by atoms with Crippen LogP contribution in [0.2, 0.25) is 0 Å². The molecule has 2 N–H and O–H groups in total. The fourth-order valence-corrected chi connectivity index (χ4v) is 1.76. The smallest absolute Gasteiger partial charge is 0.377 e. The first-order valence-corrected chi connectivity index (χ1v) is 5.02. The number of hydrogen-bond donors (Lipinski definition) is 2. The van der Waals surface area contributed by atoms with Crippen molar-refractivity contribution in [2.75, 3.05) is 13.1 Å². The molecule has 2 heterocycles. The van der Waals surface area contributed by atoms with Crippen molar-refractivity contribution >= 4 is 5.97 Å². The lowest BCUT2D eigenvalue weighted by atomic mass is 9.95. The van der Waals surface area contributed by atoms with Crippen LogP contribution >= 0.6 is 0 Å². The van der Waals surface area contributed by atoms with Crippen LogP contribution < -0.4 is 5.32 Å². The van der Waals surface area contributed by atoms with Gasteiger partial charge in [-0.05, 0) is 37.0 Å². The van der Waals surface area contributed by atoms with Gasteiger partial charge in [0.15, 0.2) is 0 Å². The number of aromatic carboxylic acids is 1. The molecule has 0 aromatic carbocycles. The molecule has 0 saturated carbocycles. The number of rotatable bonds is 3. The van der Waals surface area contributed by atoms with Crippen LogP contribution in [0, 0.1) is 5.92 Å². The maximum atomic E-state index is 10.5. The lowest BCUT2D eigenvalue weighted by Crippen LogP contribution is -2.28. The molecule has 0 unspecified atom stereocenters. The van der Waals surface area contributed by atoms with Gasteiger partial charge in [0.05, 0.1) is 0 Å². The molecule has 15 heavy (non-hydrogen) atoms. The maximum absolute atomic E-state index is 10.5. The number of nitrogens with zero attached hydrogens (tertiary/aromatic N) is 2. The van der Waals surface area contributed by atoms with Crippen molar-refractivity contribution in [1.82, 2.24) is 15.5 Å². The molecular formula is C9H13N3O3. The Kier molecular flexibility index (Phi) is 2.96. The van der Waals surface area contributed by atoms with E-state index in [0.717, 1.165) is 25.9 Å². The second-order valence-electron chi connectivity index (χ2n) is 3.71. The number of carbonyl (C=O) groups is 1. The summed E-state index contributed by atoms with van der Waals surface area (Å²) in [5.74, 6) is -0.443. The molecule has 1 aliphatic heterocycles. The minimum Gasteiger partial charge on any atom is -0.475 e. The van der Waals surface area contributed by atoms with Crippen LogP contribution in [0.4, 0.5) is 0 Å². The highest BCUT2D eigenvalue weighted by molar-refractivity contribution is 5.82. The molecule has 82 valence electrons. The Hall–Kier alpha value is -1.43. The summed E-state index contributed by atoms with van der Waals surface area (Å²) in [5, 5.41) is 15.3. The summed E-state index contributed by atoms with van der Waals surface area (Å²) in [4.78, 5) is 14.3. The van der Waals surface area contributed by atoms with Crippen molar-refractivity contribution in [2.24, 2.45) is 5.92 Å². The molecule has 2 rings (SSSR count). The van der Waals surface area contributed by atoms with Gasteiger partial charge in [-0.2, -0.15) is 4.98 Å². The van der Waals surface area contributed by atoms with Gasteiger partial charge in [0.1, 0.15) is 0 Å². The Labute approximate surface area is 86.7 Å². The number of hydrogen-bond acceptors (Lipinski definition) is 5. The van der Waals surface area contributed by atoms with Gasteiger partial charge in [-0.15, -0.1) is 0 Å². The lowest BCUT2D eigenvalue weighted by Gasteiger charge is -2.20. The fourth-order valence-electron chi connectivity index (χ4n) is 1.76. The quantitative estimate of drug-likeness (QED) is 0.748. The van der Waals surface area contributed by atoms with Crippen LogP contribution in [0.1, 0.15) is 29.4 Å². The topological polar surface area (TPSA) is 88.2 Å². The third kappa shape index (κ3) is 2.53. The van der Waals surface area contributed by atoms with E-state index in [0.29, 0.717) is 18.2 Å². The zero-order valence-electron chi connectivity index (χ0n) is 8.27. The van der Waals surface area contributed by atoms with E-state index in [9.17, 15) is 4.79 Å². The number of carboxylic acids is 1. The number of aromatic nitrogens is 2. The Morgan fingerprint density at radius 1 is 1.53 bits per heavy atom. The first kappa shape index (κ1) is 10.1. The van der Waals surface area contributed by atoms with Crippen LogP contribution in [0.15, 0.2) is 4.52 Å². The van der Waals surface area contributed by atoms with Crippen molar-refractivity contribution in [2.45, 2.75) is 19.3 Å². The predicted octanol–water partition coefficient (Wildman–Crippen LogP) is 0.310. The Morgan fingerprint density at radius 2 is 2.27 bits per heavy atom. The van der Waals surface area contributed by atoms with Gasteiger partial charge in [-0.25, -0.2) is 4.79 Å². The van der Waals surface area contributed by atoms with E-state index in [1.54, 1.807) is 0 Å². The summed E-state index contributed by atoms with van der Waals surface area (Å²) in [6.07, 6.45) is 2.83. The average Bonchev–Trinajstić information content (AvgIpc) is 2.68. The van der Waals surface area contributed by atoms with E-state index in [4.69, 9.17) is 9.63 Å². The highest BCUT2D eigenvalue weighted by Crippen LogP contribution is 2.16. The lowest BCUT2D eigenvalue weighted by molar-refractivity contribution is 0.0680. The monoisotopic (exact) mass is 211 g/mol. The molecule has 1 saturated heterocycles. The van der Waals surface area contributed by atoms with E-state index in [2.05, 4.69) is 15.5 Å². The average molecular weight is 211 g/mol. The maximum Gasteiger partial charge on any atom is 0.377 e. The van der Waals surface area contributed by atoms with Gasteiger partial charge in [0.2, 0.25) is 5.89 Å². The van der Waals surface area contributed by atoms with Crippen molar-refractivity contribution < 1.29 is 14.4 Å². The molecule has 0 spiro atoms. The third-order valence-corrected chi connectivity index (χ3v) is 2.58. The van der Waals surface area contributed by atoms with E-state index < -0.39 is 5.97 Å². The van der Waals surface area contributed by atoms with Crippen molar-refractivity contribution in [3.8, 4) is 0 Å². The van der Waals surface area contributed by atoms with Crippen LogP contribution in [0.5, 0.6) is 0 Å². The number of piperidine rings is 1. The SMILES string of the molecule is O=C(O)c1noc(CC2CCNCC2)n1. The number of carboxylic acid groups (broad SMARTS) is 1. The summed E-state index contributed by atoms with van der Waals surface area (Å²) >= 11 is 0. The van der Waals surface area contributed by atoms with Gasteiger partial charge >= 0.3 is 5.97 Å². The van der Waals surface area contributed by atoms with Crippen LogP contribution in [-0.4, -0.2) is 34.3 Å². The Bertz CT molecular complexity index is 344. The minimum atomic E-state index is -1.14. The van der Waals surface area contributed by atoms with Gasteiger partial charge in [-0.3, -0.25) is 0 Å². The molecule has 1 aromatic heterocycles. The first-order chi connectivity index (χ1) is 7.25. The molecule has 0 amide bonds. The first-order valence-electron chi connectivity index (χ1n) is 5.02. The normalized spacial score (nSPS) is 17.9. The molecule has 6 heteroatoms. The third-order valence-electron chi connectivity index (χ3n) is 2.58. The standard InChI is InChI=1S/C9H13N3O3/c13-9(14)8-11-7(15-12-8)5-6-1-3-10-4-2-6/h6,10H,1-5H2,(H,13,14). The molecule has 1 aromatic rings. The van der Waals surface area contributed by atoms with E-state index in [1.165, 1.54) is 0 Å². The zero-order chi connectivity index (χ0) is 10.7. The second kappa shape index (κ2) is 4.39. The molecule has 0 bridgehead atoms. The molecule has 0 radical (unpaired) electrons. The largest absolute Gasteiger partial charge is 0.475 e. The highest BCUT2D eigenvalue weighted by atomic mass is 16.5. The summed E-state index contributed by atoms with van der Waals surface area (Å²) in [7, 11) is 0. The summed E-state index contributed by atoms with van der Waals surface area (Å²) in [5.41, 5.74) is 0. The Morgan fingerprint density at radius 3 is 2.87 bits per heavy atom. The highest BCUT2D eigenvalue weighted by Gasteiger charge is 2.18. The molecule has 0 aliphatic carbocycles. The Balaban J connectivity index is 1.94. The van der Waals surface area contributed by atoms with Crippen LogP contribution in [0.25, 0.3) is 0 Å². The van der Waals surface area contributed by atoms with E-state index in [1.807, 2.05) is 0 Å². The van der Waals surface area contributed by atoms with Crippen molar-refractivity contribution in [1.29, 1.82) is 0 Å². The van der Waals surface area contributed by atoms with Gasteiger partial charge in [0.25, 0.3) is 5.82 Å². The molecule has 0 atom stereocenters.